The molecule has 4 aliphatic carbocycles. The Balaban J connectivity index is 1.06. The normalized spacial score (nSPS) is 31.1. The molecule has 3 aromatic rings. The van der Waals surface area contributed by atoms with Crippen LogP contribution in [0.1, 0.15) is 104 Å². The summed E-state index contributed by atoms with van der Waals surface area (Å²) in [6.45, 7) is 5.59. The van der Waals surface area contributed by atoms with Crippen LogP contribution in [0.15, 0.2) is 18.2 Å². The molecule has 4 heterocycles. The number of benzene rings is 2. The smallest absolute Gasteiger partial charge is 0.319 e. The summed E-state index contributed by atoms with van der Waals surface area (Å²) in [5, 5.41) is 15.5. The Bertz CT molecular complexity index is 1880. The number of anilines is 1. The van der Waals surface area contributed by atoms with Crippen LogP contribution in [0.5, 0.6) is 6.01 Å². The lowest BCUT2D eigenvalue weighted by molar-refractivity contribution is 0.151. The molecule has 0 spiro atoms. The fourth-order valence-corrected chi connectivity index (χ4v) is 10.6. The molecular formula is C41H47F2N5O2. The second kappa shape index (κ2) is 11.9. The molecule has 3 saturated carbocycles. The number of piperazine rings is 1. The molecule has 2 aromatic carbocycles. The van der Waals surface area contributed by atoms with Crippen LogP contribution in [-0.2, 0) is 6.42 Å². The Kier molecular flexibility index (Phi) is 7.45. The first-order valence-electron chi connectivity index (χ1n) is 19.2. The summed E-state index contributed by atoms with van der Waals surface area (Å²) in [5.74, 6) is 3.73. The van der Waals surface area contributed by atoms with Crippen molar-refractivity contribution in [1.29, 1.82) is 0 Å². The van der Waals surface area contributed by atoms with Crippen LogP contribution in [0.2, 0.25) is 0 Å². The number of aliphatic hydroxyl groups is 1. The minimum atomic E-state index is -0.688. The van der Waals surface area contributed by atoms with Crippen LogP contribution >= 0.6 is 0 Å². The first kappa shape index (κ1) is 31.4. The van der Waals surface area contributed by atoms with E-state index in [0.29, 0.717) is 41.6 Å². The summed E-state index contributed by atoms with van der Waals surface area (Å²) < 4.78 is 39.3. The maximum Gasteiger partial charge on any atom is 0.319 e. The molecule has 3 aliphatic heterocycles. The van der Waals surface area contributed by atoms with E-state index in [1.54, 1.807) is 6.07 Å². The van der Waals surface area contributed by atoms with Gasteiger partial charge in [-0.15, -0.1) is 6.42 Å². The Hall–Kier alpha value is -3.32. The quantitative estimate of drug-likeness (QED) is 0.282. The molecule has 9 heteroatoms. The van der Waals surface area contributed by atoms with Gasteiger partial charge in [0, 0.05) is 67.1 Å². The highest BCUT2D eigenvalue weighted by Crippen LogP contribution is 2.52. The van der Waals surface area contributed by atoms with E-state index in [4.69, 9.17) is 21.1 Å². The maximum atomic E-state index is 17.6. The molecule has 1 aromatic heterocycles. The molecule has 0 radical (unpaired) electrons. The van der Waals surface area contributed by atoms with Gasteiger partial charge in [0.1, 0.15) is 17.2 Å². The summed E-state index contributed by atoms with van der Waals surface area (Å²) in [6.07, 6.45) is 16.4. The van der Waals surface area contributed by atoms with E-state index in [9.17, 15) is 5.11 Å². The summed E-state index contributed by atoms with van der Waals surface area (Å²) >= 11 is 0. The standard InChI is InChI=1S/C41H47F2N5O2/c1-2-30-34(42)11-8-24-14-29(49)15-32(35(24)30)36-31(23-6-7-23)16-33-38(37(36)43)45-40(46-39(33)48-19-27-9-10-28(20-48)44-27)50-22-41(12-13-41)21-47-17-25-4-3-5-26(25)18-47/h1,8,11,16,23,25-29,32,44,49H,3-7,9-10,12-15,17-22H2/t25?,26?,27?,28?,29-,32?/m1/s1. The van der Waals surface area contributed by atoms with E-state index in [0.717, 1.165) is 86.9 Å². The third-order valence-electron chi connectivity index (χ3n) is 13.4. The van der Waals surface area contributed by atoms with Crippen LogP contribution in [0.25, 0.3) is 10.9 Å². The first-order valence-corrected chi connectivity index (χ1v) is 19.2. The maximum absolute atomic E-state index is 17.6. The highest BCUT2D eigenvalue weighted by Gasteiger charge is 2.48. The fraction of sp³-hybridized carbons (Fsp3) is 0.610. The van der Waals surface area contributed by atoms with Gasteiger partial charge in [0.05, 0.1) is 18.3 Å². The van der Waals surface area contributed by atoms with Crippen molar-refractivity contribution in [2.75, 3.05) is 44.2 Å². The van der Waals surface area contributed by atoms with E-state index in [1.807, 2.05) is 0 Å². The van der Waals surface area contributed by atoms with Gasteiger partial charge in [-0.3, -0.25) is 0 Å². The molecule has 0 amide bonds. The topological polar surface area (TPSA) is 73.8 Å². The van der Waals surface area contributed by atoms with Crippen LogP contribution in [-0.4, -0.2) is 77.5 Å². The molecule has 6 atom stereocenters. The van der Waals surface area contributed by atoms with Crippen molar-refractivity contribution in [2.45, 2.75) is 101 Å². The van der Waals surface area contributed by atoms with Gasteiger partial charge in [-0.1, -0.05) is 18.4 Å². The van der Waals surface area contributed by atoms with E-state index in [1.165, 1.54) is 38.4 Å². The fourth-order valence-electron chi connectivity index (χ4n) is 10.6. The zero-order valence-electron chi connectivity index (χ0n) is 28.8. The van der Waals surface area contributed by atoms with Crippen molar-refractivity contribution in [2.24, 2.45) is 17.3 Å². The molecule has 50 heavy (non-hydrogen) atoms. The van der Waals surface area contributed by atoms with E-state index in [2.05, 4.69) is 27.1 Å². The zero-order valence-corrected chi connectivity index (χ0v) is 28.8. The molecule has 7 aliphatic rings. The Morgan fingerprint density at radius 1 is 0.980 bits per heavy atom. The van der Waals surface area contributed by atoms with Crippen LogP contribution in [0.4, 0.5) is 14.6 Å². The van der Waals surface area contributed by atoms with E-state index < -0.39 is 23.7 Å². The summed E-state index contributed by atoms with van der Waals surface area (Å²) in [4.78, 5) is 14.9. The number of aromatic nitrogens is 2. The predicted octanol–water partition coefficient (Wildman–Crippen LogP) is 6.04. The van der Waals surface area contributed by atoms with Crippen LogP contribution in [0.3, 0.4) is 0 Å². The average Bonchev–Trinajstić information content (AvgIpc) is 3.98. The van der Waals surface area contributed by atoms with Gasteiger partial charge in [-0.2, -0.15) is 9.97 Å². The minimum absolute atomic E-state index is 0.0997. The lowest BCUT2D eigenvalue weighted by atomic mass is 9.73. The lowest BCUT2D eigenvalue weighted by Gasteiger charge is -2.35. The Labute approximate surface area is 293 Å². The number of ether oxygens (including phenoxy) is 1. The molecule has 7 nitrogen and oxygen atoms in total. The monoisotopic (exact) mass is 679 g/mol. The number of likely N-dealkylation sites (tertiary alicyclic amines) is 1. The number of hydrogen-bond donors (Lipinski definition) is 2. The molecule has 3 saturated heterocycles. The minimum Gasteiger partial charge on any atom is -0.463 e. The second-order valence-electron chi connectivity index (χ2n) is 17.0. The number of fused-ring (bicyclic) bond motifs is 5. The number of rotatable bonds is 8. The van der Waals surface area contributed by atoms with Gasteiger partial charge < -0.3 is 25.0 Å². The third kappa shape index (κ3) is 5.40. The van der Waals surface area contributed by atoms with Crippen molar-refractivity contribution in [3.05, 3.63) is 57.7 Å². The van der Waals surface area contributed by atoms with Crippen molar-refractivity contribution in [3.8, 4) is 18.4 Å². The van der Waals surface area contributed by atoms with Crippen LogP contribution < -0.4 is 15.0 Å². The van der Waals surface area contributed by atoms with Gasteiger partial charge in [0.25, 0.3) is 0 Å². The number of nitrogens with zero attached hydrogens (tertiary/aromatic N) is 4. The van der Waals surface area contributed by atoms with Crippen LogP contribution in [0, 0.1) is 41.2 Å². The molecular weight excluding hydrogens is 632 g/mol. The van der Waals surface area contributed by atoms with Crippen molar-refractivity contribution in [1.82, 2.24) is 20.2 Å². The number of halogens is 2. The second-order valence-corrected chi connectivity index (χ2v) is 17.0. The molecule has 5 unspecified atom stereocenters. The average molecular weight is 680 g/mol. The Morgan fingerprint density at radius 2 is 1.74 bits per heavy atom. The molecule has 6 fully saturated rings. The Morgan fingerprint density at radius 3 is 2.44 bits per heavy atom. The van der Waals surface area contributed by atoms with Gasteiger partial charge in [-0.25, -0.2) is 8.78 Å². The first-order chi connectivity index (χ1) is 24.3. The number of terminal acetylenes is 1. The molecule has 2 N–H and O–H groups in total. The van der Waals surface area contributed by atoms with E-state index >= 15 is 8.78 Å². The predicted molar refractivity (Wildman–Crippen MR) is 189 cm³/mol. The third-order valence-corrected chi connectivity index (χ3v) is 13.4. The summed E-state index contributed by atoms with van der Waals surface area (Å²) in [5.41, 5.74) is 3.33. The van der Waals surface area contributed by atoms with Gasteiger partial charge in [0.2, 0.25) is 0 Å². The highest BCUT2D eigenvalue weighted by molar-refractivity contribution is 5.92. The molecule has 2 bridgehead atoms. The van der Waals surface area contributed by atoms with Gasteiger partial charge >= 0.3 is 6.01 Å². The van der Waals surface area contributed by atoms with Gasteiger partial charge in [0.15, 0.2) is 5.82 Å². The molecule has 10 rings (SSSR count). The summed E-state index contributed by atoms with van der Waals surface area (Å²) in [6, 6.07) is 6.16. The SMILES string of the molecule is C#Cc1c(F)ccc2c1C(c1c(C3CC3)cc3c(N4CC5CCC(C4)N5)nc(OCC4(CN5CC6CCCC6C5)CC4)nc3c1F)C[C@H](O)C2. The van der Waals surface area contributed by atoms with E-state index in [-0.39, 0.29) is 34.8 Å². The number of aliphatic hydroxyl groups excluding tert-OH is 1. The number of nitrogens with one attached hydrogen (secondary N) is 1. The number of hydrogen-bond acceptors (Lipinski definition) is 7. The molecule has 262 valence electrons. The summed E-state index contributed by atoms with van der Waals surface area (Å²) in [7, 11) is 0. The van der Waals surface area contributed by atoms with Gasteiger partial charge in [-0.05, 0) is 111 Å². The van der Waals surface area contributed by atoms with Crippen molar-refractivity contribution in [3.63, 3.8) is 0 Å². The zero-order chi connectivity index (χ0) is 33.7. The highest BCUT2D eigenvalue weighted by atomic mass is 19.1. The van der Waals surface area contributed by atoms with Crippen molar-refractivity contribution >= 4 is 16.7 Å². The van der Waals surface area contributed by atoms with Crippen molar-refractivity contribution < 1.29 is 18.6 Å². The largest absolute Gasteiger partial charge is 0.463 e. The lowest BCUT2D eigenvalue weighted by Crippen LogP contribution is -2.51.